The molecule has 0 N–H and O–H groups in total. The number of piperidine rings is 1. The van der Waals surface area contributed by atoms with Gasteiger partial charge < -0.3 is 19.3 Å². The highest BCUT2D eigenvalue weighted by atomic mass is 32.1. The van der Waals surface area contributed by atoms with Gasteiger partial charge in [-0.05, 0) is 70.1 Å². The number of likely N-dealkylation sites (tertiary alicyclic amines) is 1. The summed E-state index contributed by atoms with van der Waals surface area (Å²) >= 11 is 1.31. The molecule has 0 radical (unpaired) electrons. The molecule has 2 amide bonds. The average Bonchev–Trinajstić information content (AvgIpc) is 3.62. The number of carbonyl (C=O) groups is 2. The van der Waals surface area contributed by atoms with Gasteiger partial charge in [0.2, 0.25) is 0 Å². The Bertz CT molecular complexity index is 1520. The topological polar surface area (TPSA) is 94.0 Å². The molecule has 1 atom stereocenters. The number of carbonyl (C=O) groups excluding carboxylic acids is 2. The highest BCUT2D eigenvalue weighted by molar-refractivity contribution is 7.20. The average molecular weight is 593 g/mol. The lowest BCUT2D eigenvalue weighted by Gasteiger charge is -2.42. The molecule has 1 spiro atoms. The van der Waals surface area contributed by atoms with Crippen LogP contribution in [0.4, 0.5) is 0 Å². The maximum atomic E-state index is 13.7. The number of aromatic nitrogens is 2. The van der Waals surface area contributed by atoms with E-state index in [2.05, 4.69) is 4.98 Å². The molecule has 2 saturated heterocycles. The summed E-state index contributed by atoms with van der Waals surface area (Å²) in [4.78, 5) is 49.7. The lowest BCUT2D eigenvalue weighted by Crippen LogP contribution is -2.45. The SMILES string of the molecule is CCn1cnc2sc(C(=O)N3CCC4(CCCCOC[C@@H]5CCCN5C(=O)c5ccccc5OC4)CC3)c(C)c2c1=O. The van der Waals surface area contributed by atoms with Crippen molar-refractivity contribution >= 4 is 33.4 Å². The second kappa shape index (κ2) is 12.2. The molecule has 10 heteroatoms. The van der Waals surface area contributed by atoms with Crippen molar-refractivity contribution in [2.75, 3.05) is 39.5 Å². The van der Waals surface area contributed by atoms with Gasteiger partial charge in [-0.3, -0.25) is 19.0 Å². The van der Waals surface area contributed by atoms with Gasteiger partial charge in [-0.25, -0.2) is 4.98 Å². The molecule has 0 saturated carbocycles. The summed E-state index contributed by atoms with van der Waals surface area (Å²) in [6.07, 6.45) is 8.13. The Hall–Kier alpha value is -3.24. The van der Waals surface area contributed by atoms with Crippen LogP contribution >= 0.6 is 11.3 Å². The van der Waals surface area contributed by atoms with Crippen LogP contribution in [-0.2, 0) is 11.3 Å². The normalized spacial score (nSPS) is 21.6. The maximum absolute atomic E-state index is 13.7. The first kappa shape index (κ1) is 28.9. The fourth-order valence-electron chi connectivity index (χ4n) is 6.74. The number of para-hydroxylation sites is 1. The molecule has 1 aromatic carbocycles. The Labute approximate surface area is 250 Å². The minimum absolute atomic E-state index is 0.0158. The zero-order valence-corrected chi connectivity index (χ0v) is 25.4. The Morgan fingerprint density at radius 3 is 2.71 bits per heavy atom. The van der Waals surface area contributed by atoms with Crippen LogP contribution < -0.4 is 10.3 Å². The van der Waals surface area contributed by atoms with Crippen LogP contribution in [0, 0.1) is 12.3 Å². The van der Waals surface area contributed by atoms with E-state index in [-0.39, 0.29) is 28.8 Å². The second-order valence-electron chi connectivity index (χ2n) is 12.0. The fraction of sp³-hybridized carbons (Fsp3) is 0.562. The summed E-state index contributed by atoms with van der Waals surface area (Å²) in [5.41, 5.74) is 1.15. The third kappa shape index (κ3) is 5.46. The summed E-state index contributed by atoms with van der Waals surface area (Å²) in [7, 11) is 0. The van der Waals surface area contributed by atoms with E-state index in [9.17, 15) is 14.4 Å². The van der Waals surface area contributed by atoms with E-state index in [0.29, 0.717) is 65.9 Å². The molecule has 3 aromatic rings. The molecule has 224 valence electrons. The van der Waals surface area contributed by atoms with Crippen LogP contribution in [0.2, 0.25) is 0 Å². The Kier molecular flexibility index (Phi) is 8.36. The summed E-state index contributed by atoms with van der Waals surface area (Å²) in [5.74, 6) is 0.622. The summed E-state index contributed by atoms with van der Waals surface area (Å²) in [6, 6.07) is 7.71. The molecule has 9 nitrogen and oxygen atoms in total. The molecule has 5 heterocycles. The Balaban J connectivity index is 1.20. The zero-order chi connectivity index (χ0) is 29.3. The second-order valence-corrected chi connectivity index (χ2v) is 13.0. The van der Waals surface area contributed by atoms with Crippen LogP contribution in [0.15, 0.2) is 35.4 Å². The molecule has 3 aliphatic rings. The monoisotopic (exact) mass is 592 g/mol. The number of benzene rings is 1. The largest absolute Gasteiger partial charge is 0.492 e. The molecule has 3 aliphatic heterocycles. The number of hydrogen-bond donors (Lipinski definition) is 0. The van der Waals surface area contributed by atoms with E-state index in [1.165, 1.54) is 11.3 Å². The molecule has 42 heavy (non-hydrogen) atoms. The van der Waals surface area contributed by atoms with Crippen molar-refractivity contribution in [3.8, 4) is 5.75 Å². The predicted octanol–water partition coefficient (Wildman–Crippen LogP) is 4.89. The smallest absolute Gasteiger partial charge is 0.264 e. The van der Waals surface area contributed by atoms with Crippen LogP contribution in [0.5, 0.6) is 5.75 Å². The highest BCUT2D eigenvalue weighted by Crippen LogP contribution is 2.39. The number of thiophene rings is 1. The van der Waals surface area contributed by atoms with E-state index in [0.717, 1.165) is 57.1 Å². The van der Waals surface area contributed by atoms with Crippen LogP contribution in [0.1, 0.15) is 77.5 Å². The Morgan fingerprint density at radius 1 is 1.10 bits per heavy atom. The molecule has 0 aliphatic carbocycles. The lowest BCUT2D eigenvalue weighted by atomic mass is 9.75. The summed E-state index contributed by atoms with van der Waals surface area (Å²) in [5, 5.41) is 0.552. The molecular formula is C32H40N4O5S. The van der Waals surface area contributed by atoms with Crippen molar-refractivity contribution in [1.82, 2.24) is 19.4 Å². The van der Waals surface area contributed by atoms with Crippen LogP contribution in [0.3, 0.4) is 0 Å². The van der Waals surface area contributed by atoms with E-state index in [4.69, 9.17) is 9.47 Å². The van der Waals surface area contributed by atoms with Crippen molar-refractivity contribution in [3.05, 3.63) is 57.0 Å². The number of ether oxygens (including phenoxy) is 2. The minimum Gasteiger partial charge on any atom is -0.492 e. The first-order valence-corrected chi connectivity index (χ1v) is 16.1. The van der Waals surface area contributed by atoms with E-state index >= 15 is 0 Å². The molecule has 2 fully saturated rings. The third-order valence-electron chi connectivity index (χ3n) is 9.41. The van der Waals surface area contributed by atoms with Gasteiger partial charge in [-0.1, -0.05) is 18.6 Å². The minimum atomic E-state index is -0.0984. The van der Waals surface area contributed by atoms with Gasteiger partial charge in [-0.2, -0.15) is 0 Å². The standard InChI is InChI=1S/C32H40N4O5S/c1-3-34-21-33-28-26(30(34)38)22(2)27(42-28)31(39)35-16-13-32(14-17-35)12-6-7-18-40-19-23-9-8-15-36(23)29(37)24-10-4-5-11-25(24)41-20-32/h4-5,10-11,21,23H,3,6-9,12-20H2,1-2H3/t23-/m0/s1. The summed E-state index contributed by atoms with van der Waals surface area (Å²) in [6.45, 7) is 8.08. The van der Waals surface area contributed by atoms with E-state index < -0.39 is 0 Å². The van der Waals surface area contributed by atoms with Gasteiger partial charge in [0.05, 0.1) is 41.4 Å². The van der Waals surface area contributed by atoms with Crippen molar-refractivity contribution in [1.29, 1.82) is 0 Å². The van der Waals surface area contributed by atoms with Crippen LogP contribution in [0.25, 0.3) is 10.2 Å². The third-order valence-corrected chi connectivity index (χ3v) is 10.6. The quantitative estimate of drug-likeness (QED) is 0.421. The zero-order valence-electron chi connectivity index (χ0n) is 24.6. The summed E-state index contributed by atoms with van der Waals surface area (Å²) < 4.78 is 14.1. The van der Waals surface area contributed by atoms with Gasteiger partial charge in [-0.15, -0.1) is 11.3 Å². The molecule has 0 unspecified atom stereocenters. The Morgan fingerprint density at radius 2 is 1.90 bits per heavy atom. The fourth-order valence-corrected chi connectivity index (χ4v) is 7.84. The number of rotatable bonds is 2. The van der Waals surface area contributed by atoms with Crippen molar-refractivity contribution in [3.63, 3.8) is 0 Å². The molecular weight excluding hydrogens is 552 g/mol. The van der Waals surface area contributed by atoms with Crippen molar-refractivity contribution < 1.29 is 19.1 Å². The molecule has 0 bridgehead atoms. The van der Waals surface area contributed by atoms with Crippen molar-refractivity contribution in [2.45, 2.75) is 71.4 Å². The highest BCUT2D eigenvalue weighted by Gasteiger charge is 2.38. The van der Waals surface area contributed by atoms with E-state index in [1.54, 1.807) is 10.9 Å². The van der Waals surface area contributed by atoms with Gasteiger partial charge in [0.15, 0.2) is 0 Å². The predicted molar refractivity (Wildman–Crippen MR) is 163 cm³/mol. The number of fused-ring (bicyclic) bond motifs is 3. The maximum Gasteiger partial charge on any atom is 0.264 e. The van der Waals surface area contributed by atoms with Gasteiger partial charge in [0.1, 0.15) is 10.6 Å². The first-order valence-electron chi connectivity index (χ1n) is 15.3. The number of hydrogen-bond acceptors (Lipinski definition) is 7. The van der Waals surface area contributed by atoms with Gasteiger partial charge in [0.25, 0.3) is 17.4 Å². The lowest BCUT2D eigenvalue weighted by molar-refractivity contribution is 0.0305. The van der Waals surface area contributed by atoms with Gasteiger partial charge >= 0.3 is 0 Å². The van der Waals surface area contributed by atoms with Gasteiger partial charge in [0, 0.05) is 38.2 Å². The van der Waals surface area contributed by atoms with Crippen LogP contribution in [-0.4, -0.2) is 76.7 Å². The number of aryl methyl sites for hydroxylation is 2. The van der Waals surface area contributed by atoms with Crippen molar-refractivity contribution in [2.24, 2.45) is 5.41 Å². The number of nitrogens with zero attached hydrogens (tertiary/aromatic N) is 4. The number of amides is 2. The first-order chi connectivity index (χ1) is 20.4. The van der Waals surface area contributed by atoms with E-state index in [1.807, 2.05) is 47.9 Å². The molecule has 6 rings (SSSR count). The molecule has 2 aromatic heterocycles.